The summed E-state index contributed by atoms with van der Waals surface area (Å²) in [5, 5.41) is 38.9. The van der Waals surface area contributed by atoms with E-state index in [4.69, 9.17) is 9.47 Å². The molecule has 8 heteroatoms. The molecule has 0 amide bonds. The van der Waals surface area contributed by atoms with Crippen molar-refractivity contribution in [3.8, 4) is 57.4 Å². The lowest BCUT2D eigenvalue weighted by atomic mass is 10.2. The van der Waals surface area contributed by atoms with E-state index in [1.807, 2.05) is 0 Å². The molecule has 0 aliphatic carbocycles. The summed E-state index contributed by atoms with van der Waals surface area (Å²) in [6, 6.07) is 14.4. The van der Waals surface area contributed by atoms with Gasteiger partial charge in [-0.1, -0.05) is 0 Å². The third-order valence-electron chi connectivity index (χ3n) is 4.07. The summed E-state index contributed by atoms with van der Waals surface area (Å²) in [5.41, 5.74) is 0.940. The number of phenolic OH excluding ortho intramolecular Hbond substituents is 4. The van der Waals surface area contributed by atoms with E-state index < -0.39 is 0 Å². The summed E-state index contributed by atoms with van der Waals surface area (Å²) in [7, 11) is 0. The molecule has 0 bridgehead atoms. The van der Waals surface area contributed by atoms with Crippen LogP contribution in [0.15, 0.2) is 73.1 Å². The smallest absolute Gasteiger partial charge is 0.172 e. The summed E-state index contributed by atoms with van der Waals surface area (Å²) in [4.78, 5) is 8.54. The van der Waals surface area contributed by atoms with Gasteiger partial charge < -0.3 is 29.9 Å². The maximum Gasteiger partial charge on any atom is 0.172 e. The molecule has 4 rings (SSSR count). The fourth-order valence-corrected chi connectivity index (χ4v) is 2.65. The van der Waals surface area contributed by atoms with Crippen LogP contribution in [0.3, 0.4) is 0 Å². The second-order valence-electron chi connectivity index (χ2n) is 6.26. The van der Waals surface area contributed by atoms with Crippen LogP contribution in [0.5, 0.6) is 46.0 Å². The Kier molecular flexibility index (Phi) is 4.96. The predicted molar refractivity (Wildman–Crippen MR) is 107 cm³/mol. The Morgan fingerprint density at radius 1 is 0.533 bits per heavy atom. The third-order valence-corrected chi connectivity index (χ3v) is 4.07. The van der Waals surface area contributed by atoms with Crippen LogP contribution >= 0.6 is 0 Å². The van der Waals surface area contributed by atoms with Crippen molar-refractivity contribution in [1.29, 1.82) is 0 Å². The van der Waals surface area contributed by atoms with Gasteiger partial charge in [0.05, 0.1) is 11.4 Å². The lowest BCUT2D eigenvalue weighted by Gasteiger charge is -2.10. The molecule has 0 spiro atoms. The average Bonchev–Trinajstić information content (AvgIpc) is 2.74. The molecule has 2 heterocycles. The number of aromatic nitrogens is 2. The van der Waals surface area contributed by atoms with Crippen LogP contribution in [0.25, 0.3) is 11.4 Å². The molecule has 4 aromatic rings. The highest BCUT2D eigenvalue weighted by Crippen LogP contribution is 2.36. The molecule has 150 valence electrons. The fourth-order valence-electron chi connectivity index (χ4n) is 2.65. The highest BCUT2D eigenvalue weighted by molar-refractivity contribution is 5.59. The Balaban J connectivity index is 1.60. The van der Waals surface area contributed by atoms with Crippen molar-refractivity contribution in [2.24, 2.45) is 0 Å². The van der Waals surface area contributed by atoms with E-state index in [1.54, 1.807) is 24.3 Å². The second kappa shape index (κ2) is 7.88. The maximum absolute atomic E-state index is 9.88. The van der Waals surface area contributed by atoms with E-state index in [9.17, 15) is 20.4 Å². The number of benzene rings is 2. The Morgan fingerprint density at radius 3 is 1.40 bits per heavy atom. The van der Waals surface area contributed by atoms with E-state index in [-0.39, 0.29) is 34.5 Å². The van der Waals surface area contributed by atoms with Crippen LogP contribution in [-0.2, 0) is 0 Å². The van der Waals surface area contributed by atoms with Crippen LogP contribution in [0.1, 0.15) is 0 Å². The maximum atomic E-state index is 9.88. The largest absolute Gasteiger partial charge is 0.508 e. The van der Waals surface area contributed by atoms with Gasteiger partial charge in [-0.05, 0) is 36.4 Å². The van der Waals surface area contributed by atoms with Crippen molar-refractivity contribution in [3.63, 3.8) is 0 Å². The summed E-state index contributed by atoms with van der Waals surface area (Å²) >= 11 is 0. The highest BCUT2D eigenvalue weighted by Gasteiger charge is 2.10. The average molecular weight is 404 g/mol. The SMILES string of the molecule is Oc1ccc(O)c(Oc2ccnc(-c3cc(Oc4cc(O)ccc4O)ccn3)c2)c1. The Bertz CT molecular complexity index is 1120. The van der Waals surface area contributed by atoms with Gasteiger partial charge in [-0.25, -0.2) is 0 Å². The van der Waals surface area contributed by atoms with Crippen LogP contribution in [0.4, 0.5) is 0 Å². The van der Waals surface area contributed by atoms with E-state index in [0.717, 1.165) is 0 Å². The standard InChI is InChI=1S/C22H16N2O6/c25-13-1-3-19(27)21(9-13)29-15-5-7-23-17(11-15)18-12-16(6-8-24-18)30-22-10-14(26)2-4-20(22)28/h1-12,25-28H. The summed E-state index contributed by atoms with van der Waals surface area (Å²) < 4.78 is 11.3. The predicted octanol–water partition coefficient (Wildman–Crippen LogP) is 4.55. The van der Waals surface area contributed by atoms with Gasteiger partial charge in [0.15, 0.2) is 23.0 Å². The van der Waals surface area contributed by atoms with Gasteiger partial charge in [0.25, 0.3) is 0 Å². The lowest BCUT2D eigenvalue weighted by molar-refractivity contribution is 0.403. The van der Waals surface area contributed by atoms with Crippen molar-refractivity contribution in [2.45, 2.75) is 0 Å². The minimum Gasteiger partial charge on any atom is -0.508 e. The number of nitrogens with zero attached hydrogens (tertiary/aromatic N) is 2. The van der Waals surface area contributed by atoms with Crippen molar-refractivity contribution in [3.05, 3.63) is 73.1 Å². The summed E-state index contributed by atoms with van der Waals surface area (Å²) in [6.07, 6.45) is 3.03. The molecule has 0 atom stereocenters. The first-order chi connectivity index (χ1) is 14.5. The van der Waals surface area contributed by atoms with Crippen LogP contribution < -0.4 is 9.47 Å². The molecule has 2 aromatic heterocycles. The zero-order valence-corrected chi connectivity index (χ0v) is 15.4. The molecule has 30 heavy (non-hydrogen) atoms. The number of aromatic hydroxyl groups is 4. The molecule has 0 radical (unpaired) electrons. The van der Waals surface area contributed by atoms with Crippen LogP contribution in [0.2, 0.25) is 0 Å². The molecular formula is C22H16N2O6. The highest BCUT2D eigenvalue weighted by atomic mass is 16.5. The summed E-state index contributed by atoms with van der Waals surface area (Å²) in [6.45, 7) is 0. The van der Waals surface area contributed by atoms with Gasteiger partial charge in [-0.3, -0.25) is 9.97 Å². The van der Waals surface area contributed by atoms with Crippen molar-refractivity contribution < 1.29 is 29.9 Å². The molecule has 0 saturated carbocycles. The number of hydrogen-bond acceptors (Lipinski definition) is 8. The molecule has 2 aromatic carbocycles. The minimum absolute atomic E-state index is 0.0428. The lowest BCUT2D eigenvalue weighted by Crippen LogP contribution is -1.92. The van der Waals surface area contributed by atoms with E-state index in [1.165, 1.54) is 48.8 Å². The number of ether oxygens (including phenoxy) is 2. The Hall–Kier alpha value is -4.46. The first kappa shape index (κ1) is 18.9. The van der Waals surface area contributed by atoms with Crippen molar-refractivity contribution in [2.75, 3.05) is 0 Å². The number of hydrogen-bond donors (Lipinski definition) is 4. The second-order valence-corrected chi connectivity index (χ2v) is 6.26. The van der Waals surface area contributed by atoms with Gasteiger partial charge >= 0.3 is 0 Å². The van der Waals surface area contributed by atoms with Crippen LogP contribution in [-0.4, -0.2) is 30.4 Å². The number of pyridine rings is 2. The molecule has 4 N–H and O–H groups in total. The van der Waals surface area contributed by atoms with Crippen LogP contribution in [0, 0.1) is 0 Å². The fraction of sp³-hybridized carbons (Fsp3) is 0. The zero-order chi connectivity index (χ0) is 21.1. The van der Waals surface area contributed by atoms with E-state index in [0.29, 0.717) is 22.9 Å². The molecule has 0 aliphatic rings. The van der Waals surface area contributed by atoms with Gasteiger partial charge in [0.2, 0.25) is 0 Å². The van der Waals surface area contributed by atoms with Gasteiger partial charge in [-0.15, -0.1) is 0 Å². The van der Waals surface area contributed by atoms with E-state index in [2.05, 4.69) is 9.97 Å². The van der Waals surface area contributed by atoms with Gasteiger partial charge in [0, 0.05) is 36.7 Å². The van der Waals surface area contributed by atoms with E-state index >= 15 is 0 Å². The molecular weight excluding hydrogens is 388 g/mol. The minimum atomic E-state index is -0.120. The number of phenols is 4. The normalized spacial score (nSPS) is 10.5. The van der Waals surface area contributed by atoms with Crippen molar-refractivity contribution in [1.82, 2.24) is 9.97 Å². The summed E-state index contributed by atoms with van der Waals surface area (Å²) in [5.74, 6) is 0.612. The Morgan fingerprint density at radius 2 is 0.967 bits per heavy atom. The number of rotatable bonds is 5. The Labute approximate surface area is 170 Å². The quantitative estimate of drug-likeness (QED) is 0.357. The van der Waals surface area contributed by atoms with Crippen molar-refractivity contribution >= 4 is 0 Å². The first-order valence-corrected chi connectivity index (χ1v) is 8.80. The molecule has 0 unspecified atom stereocenters. The monoisotopic (exact) mass is 404 g/mol. The molecule has 8 nitrogen and oxygen atoms in total. The molecule has 0 saturated heterocycles. The topological polar surface area (TPSA) is 125 Å². The van der Waals surface area contributed by atoms with Gasteiger partial charge in [0.1, 0.15) is 23.0 Å². The third kappa shape index (κ3) is 4.17. The first-order valence-electron chi connectivity index (χ1n) is 8.80. The molecule has 0 fully saturated rings. The zero-order valence-electron chi connectivity index (χ0n) is 15.4. The van der Waals surface area contributed by atoms with Gasteiger partial charge in [-0.2, -0.15) is 0 Å². The molecule has 0 aliphatic heterocycles.